The van der Waals surface area contributed by atoms with Crippen molar-refractivity contribution in [2.24, 2.45) is 5.41 Å². The Hall–Kier alpha value is -2.05. The van der Waals surface area contributed by atoms with Gasteiger partial charge in [0.15, 0.2) is 0 Å². The van der Waals surface area contributed by atoms with Gasteiger partial charge in [-0.05, 0) is 46.0 Å². The van der Waals surface area contributed by atoms with E-state index < -0.39 is 0 Å². The van der Waals surface area contributed by atoms with E-state index in [9.17, 15) is 4.79 Å². The van der Waals surface area contributed by atoms with Gasteiger partial charge in [-0.15, -0.1) is 0 Å². The van der Waals surface area contributed by atoms with Crippen LogP contribution in [0.15, 0.2) is 6.07 Å². The number of hydrogen-bond donors (Lipinski definition) is 1. The zero-order valence-electron chi connectivity index (χ0n) is 15.8. The Balaban J connectivity index is 1.53. The number of rotatable bonds is 4. The minimum absolute atomic E-state index is 0.0429. The van der Waals surface area contributed by atoms with E-state index >= 15 is 0 Å². The first-order chi connectivity index (χ1) is 12.4. The monoisotopic (exact) mass is 359 g/mol. The van der Waals surface area contributed by atoms with Gasteiger partial charge >= 0.3 is 0 Å². The first-order valence-electron chi connectivity index (χ1n) is 9.80. The first kappa shape index (κ1) is 17.4. The number of nitrogens with two attached hydrogens (primary N) is 1. The van der Waals surface area contributed by atoms with Crippen LogP contribution in [0.2, 0.25) is 0 Å². The molecule has 1 aliphatic carbocycles. The van der Waals surface area contributed by atoms with Crippen molar-refractivity contribution in [1.29, 1.82) is 0 Å². The van der Waals surface area contributed by atoms with Gasteiger partial charge in [0.25, 0.3) is 0 Å². The average Bonchev–Trinajstić information content (AvgIpc) is 3.41. The van der Waals surface area contributed by atoms with Crippen LogP contribution in [0.3, 0.4) is 0 Å². The number of likely N-dealkylation sites (tertiary alicyclic amines) is 1. The molecule has 7 nitrogen and oxygen atoms in total. The molecule has 1 atom stereocenters. The molecule has 1 aromatic rings. The van der Waals surface area contributed by atoms with Crippen molar-refractivity contribution in [3.05, 3.63) is 6.07 Å². The molecule has 2 N–H and O–H groups in total. The van der Waals surface area contributed by atoms with E-state index in [0.29, 0.717) is 24.2 Å². The molecule has 1 unspecified atom stereocenters. The van der Waals surface area contributed by atoms with Crippen LogP contribution in [0.1, 0.15) is 52.4 Å². The molecule has 142 valence electrons. The van der Waals surface area contributed by atoms with E-state index in [4.69, 9.17) is 10.5 Å². The van der Waals surface area contributed by atoms with Crippen LogP contribution in [0.5, 0.6) is 5.88 Å². The Morgan fingerprint density at radius 2 is 2.08 bits per heavy atom. The van der Waals surface area contributed by atoms with Crippen molar-refractivity contribution in [2.45, 2.75) is 64.5 Å². The van der Waals surface area contributed by atoms with Gasteiger partial charge in [0.1, 0.15) is 5.82 Å². The van der Waals surface area contributed by atoms with E-state index in [0.717, 1.165) is 38.3 Å². The van der Waals surface area contributed by atoms with Gasteiger partial charge in [0, 0.05) is 43.6 Å². The fourth-order valence-corrected chi connectivity index (χ4v) is 4.39. The molecule has 2 aliphatic heterocycles. The van der Waals surface area contributed by atoms with E-state index in [2.05, 4.69) is 19.8 Å². The smallest absolute Gasteiger partial charge is 0.225 e. The van der Waals surface area contributed by atoms with Crippen LogP contribution in [-0.4, -0.2) is 52.6 Å². The summed E-state index contributed by atoms with van der Waals surface area (Å²) in [5.41, 5.74) is 6.09. The molecule has 26 heavy (non-hydrogen) atoms. The van der Waals surface area contributed by atoms with E-state index in [1.54, 1.807) is 0 Å². The van der Waals surface area contributed by atoms with Gasteiger partial charge in [0.05, 0.1) is 6.10 Å². The number of ether oxygens (including phenoxy) is 1. The van der Waals surface area contributed by atoms with Crippen LogP contribution in [0, 0.1) is 5.41 Å². The SMILES string of the molecule is CC(C)Oc1cc(N2CCCC3(CCC(=O)N(C4CC4)C3)C2)nc(N)n1. The molecule has 2 saturated heterocycles. The Kier molecular flexibility index (Phi) is 4.40. The van der Waals surface area contributed by atoms with Gasteiger partial charge in [-0.2, -0.15) is 9.97 Å². The normalized spacial score (nSPS) is 26.7. The molecule has 3 fully saturated rings. The highest BCUT2D eigenvalue weighted by Gasteiger charge is 2.45. The van der Waals surface area contributed by atoms with Crippen molar-refractivity contribution in [3.63, 3.8) is 0 Å². The van der Waals surface area contributed by atoms with Gasteiger partial charge in [-0.1, -0.05) is 0 Å². The quantitative estimate of drug-likeness (QED) is 0.887. The number of piperidine rings is 2. The molecular formula is C19H29N5O2. The summed E-state index contributed by atoms with van der Waals surface area (Å²) in [5, 5.41) is 0. The molecular weight excluding hydrogens is 330 g/mol. The molecule has 1 spiro atoms. The standard InChI is InChI=1S/C19H29N5O2/c1-13(2)26-16-10-15(21-18(20)22-16)23-9-3-7-19(11-23)8-6-17(25)24(12-19)14-4-5-14/h10,13-14H,3-9,11-12H2,1-2H3,(H2,20,21,22). The van der Waals surface area contributed by atoms with Gasteiger partial charge in [0.2, 0.25) is 17.7 Å². The lowest BCUT2D eigenvalue weighted by Gasteiger charge is -2.48. The van der Waals surface area contributed by atoms with Gasteiger partial charge in [-0.3, -0.25) is 4.79 Å². The molecule has 1 amide bonds. The second kappa shape index (κ2) is 6.59. The first-order valence-corrected chi connectivity index (χ1v) is 9.80. The Morgan fingerprint density at radius 3 is 2.81 bits per heavy atom. The predicted octanol–water partition coefficient (Wildman–Crippen LogP) is 2.22. The summed E-state index contributed by atoms with van der Waals surface area (Å²) in [6, 6.07) is 2.39. The summed E-state index contributed by atoms with van der Waals surface area (Å²) in [6.45, 7) is 6.71. The van der Waals surface area contributed by atoms with Crippen molar-refractivity contribution in [3.8, 4) is 5.88 Å². The largest absolute Gasteiger partial charge is 0.475 e. The summed E-state index contributed by atoms with van der Waals surface area (Å²) in [7, 11) is 0. The number of carbonyl (C=O) groups excluding carboxylic acids is 1. The summed E-state index contributed by atoms with van der Waals surface area (Å²) in [4.78, 5) is 25.4. The fraction of sp³-hybridized carbons (Fsp3) is 0.737. The molecule has 0 bridgehead atoms. The molecule has 7 heteroatoms. The summed E-state index contributed by atoms with van der Waals surface area (Å²) in [5.74, 6) is 1.95. The average molecular weight is 359 g/mol. The maximum atomic E-state index is 12.3. The topological polar surface area (TPSA) is 84.6 Å². The molecule has 4 rings (SSSR count). The second-order valence-electron chi connectivity index (χ2n) is 8.37. The molecule has 1 aromatic heterocycles. The van der Waals surface area contributed by atoms with Crippen LogP contribution in [0.25, 0.3) is 0 Å². The lowest BCUT2D eigenvalue weighted by atomic mass is 9.73. The third kappa shape index (κ3) is 3.57. The number of nitrogens with zero attached hydrogens (tertiary/aromatic N) is 4. The van der Waals surface area contributed by atoms with Crippen LogP contribution >= 0.6 is 0 Å². The van der Waals surface area contributed by atoms with Crippen molar-refractivity contribution in [1.82, 2.24) is 14.9 Å². The highest BCUT2D eigenvalue weighted by atomic mass is 16.5. The number of carbonyl (C=O) groups is 1. The van der Waals surface area contributed by atoms with Crippen molar-refractivity contribution in [2.75, 3.05) is 30.3 Å². The summed E-state index contributed by atoms with van der Waals surface area (Å²) < 4.78 is 5.72. The predicted molar refractivity (Wildman–Crippen MR) is 100 cm³/mol. The van der Waals surface area contributed by atoms with Crippen molar-refractivity contribution >= 4 is 17.7 Å². The minimum Gasteiger partial charge on any atom is -0.475 e. The fourth-order valence-electron chi connectivity index (χ4n) is 4.39. The molecule has 3 heterocycles. The van der Waals surface area contributed by atoms with Gasteiger partial charge in [-0.25, -0.2) is 0 Å². The number of amides is 1. The van der Waals surface area contributed by atoms with Crippen LogP contribution in [-0.2, 0) is 4.79 Å². The number of anilines is 2. The Morgan fingerprint density at radius 1 is 1.27 bits per heavy atom. The highest BCUT2D eigenvalue weighted by molar-refractivity contribution is 5.78. The van der Waals surface area contributed by atoms with Crippen LogP contribution < -0.4 is 15.4 Å². The lowest BCUT2D eigenvalue weighted by molar-refractivity contribution is -0.138. The van der Waals surface area contributed by atoms with E-state index in [1.807, 2.05) is 19.9 Å². The zero-order chi connectivity index (χ0) is 18.3. The van der Waals surface area contributed by atoms with E-state index in [-0.39, 0.29) is 17.5 Å². The van der Waals surface area contributed by atoms with Gasteiger partial charge < -0.3 is 20.3 Å². The third-order valence-electron chi connectivity index (χ3n) is 5.73. The maximum Gasteiger partial charge on any atom is 0.225 e. The van der Waals surface area contributed by atoms with Crippen LogP contribution in [0.4, 0.5) is 11.8 Å². The Bertz CT molecular complexity index is 691. The number of hydrogen-bond acceptors (Lipinski definition) is 6. The Labute approximate surface area is 154 Å². The number of aromatic nitrogens is 2. The molecule has 3 aliphatic rings. The second-order valence-corrected chi connectivity index (χ2v) is 8.37. The van der Waals surface area contributed by atoms with Crippen molar-refractivity contribution < 1.29 is 9.53 Å². The number of nitrogen functional groups attached to an aromatic ring is 1. The summed E-state index contributed by atoms with van der Waals surface area (Å²) in [6.07, 6.45) is 6.32. The minimum atomic E-state index is 0.0429. The molecule has 1 saturated carbocycles. The lowest BCUT2D eigenvalue weighted by Crippen LogP contribution is -2.54. The molecule has 0 radical (unpaired) electrons. The maximum absolute atomic E-state index is 12.3. The third-order valence-corrected chi connectivity index (χ3v) is 5.73. The molecule has 0 aromatic carbocycles. The zero-order valence-corrected chi connectivity index (χ0v) is 15.8. The van der Waals surface area contributed by atoms with E-state index in [1.165, 1.54) is 19.3 Å². The summed E-state index contributed by atoms with van der Waals surface area (Å²) >= 11 is 0. The highest BCUT2D eigenvalue weighted by Crippen LogP contribution is 2.43.